The summed E-state index contributed by atoms with van der Waals surface area (Å²) in [4.78, 5) is 0. The van der Waals surface area contributed by atoms with E-state index in [4.69, 9.17) is 4.43 Å². The summed E-state index contributed by atoms with van der Waals surface area (Å²) in [6.45, 7) is 8.77. The Hall–Kier alpha value is -2.92. The summed E-state index contributed by atoms with van der Waals surface area (Å²) in [6, 6.07) is 27.7. The summed E-state index contributed by atoms with van der Waals surface area (Å²) in [5.74, 6) is 0.0709. The molecule has 0 heterocycles. The third-order valence-electron chi connectivity index (χ3n) is 6.36. The molecule has 0 aliphatic carbocycles. The van der Waals surface area contributed by atoms with Gasteiger partial charge in [-0.3, -0.25) is 0 Å². The normalized spacial score (nSPS) is 13.5. The van der Waals surface area contributed by atoms with Crippen LogP contribution in [0, 0.1) is 0 Å². The summed E-state index contributed by atoms with van der Waals surface area (Å²) in [5.41, 5.74) is 4.60. The number of para-hydroxylation sites is 1. The van der Waals surface area contributed by atoms with E-state index in [1.807, 2.05) is 12.1 Å². The number of rotatable bonds is 10. The standard InChI is InChI=1S/C31H38O4Si/c1-24(32)22-25(14-13-21-30(34)28-19-11-12-20-29(28)33)23-35-36(31(2,3)4,26-15-7-5-8-16-26)27-17-9-6-10-18-27/h5-13,15-20,24,30,32-34H,21-23H2,1-4H3/t14?,24-,30+/m0/s1. The van der Waals surface area contributed by atoms with Crippen molar-refractivity contribution in [2.75, 3.05) is 6.61 Å². The Morgan fingerprint density at radius 3 is 1.92 bits per heavy atom. The first-order valence-corrected chi connectivity index (χ1v) is 14.4. The van der Waals surface area contributed by atoms with Gasteiger partial charge in [-0.2, -0.15) is 0 Å². The van der Waals surface area contributed by atoms with Crippen molar-refractivity contribution < 1.29 is 19.7 Å². The van der Waals surface area contributed by atoms with Crippen molar-refractivity contribution in [3.63, 3.8) is 0 Å². The molecule has 0 bridgehead atoms. The van der Waals surface area contributed by atoms with E-state index in [2.05, 4.69) is 75.0 Å². The van der Waals surface area contributed by atoms with Crippen molar-refractivity contribution in [1.82, 2.24) is 0 Å². The summed E-state index contributed by atoms with van der Waals surface area (Å²) in [6.07, 6.45) is 1.08. The Kier molecular flexibility index (Phi) is 9.49. The van der Waals surface area contributed by atoms with Crippen LogP contribution in [-0.4, -0.2) is 36.3 Å². The van der Waals surface area contributed by atoms with Crippen LogP contribution in [0.4, 0.5) is 0 Å². The van der Waals surface area contributed by atoms with Crippen LogP contribution in [0.25, 0.3) is 0 Å². The van der Waals surface area contributed by atoms with Crippen molar-refractivity contribution in [1.29, 1.82) is 0 Å². The molecule has 0 aromatic heterocycles. The van der Waals surface area contributed by atoms with Crippen LogP contribution in [0.1, 0.15) is 52.2 Å². The monoisotopic (exact) mass is 502 g/mol. The highest BCUT2D eigenvalue weighted by Crippen LogP contribution is 2.37. The topological polar surface area (TPSA) is 69.9 Å². The first-order chi connectivity index (χ1) is 17.1. The number of hydrogen-bond acceptors (Lipinski definition) is 4. The fourth-order valence-electron chi connectivity index (χ4n) is 4.68. The minimum absolute atomic E-state index is 0.0709. The molecule has 0 saturated carbocycles. The molecule has 4 nitrogen and oxygen atoms in total. The van der Waals surface area contributed by atoms with E-state index >= 15 is 0 Å². The average molecular weight is 503 g/mol. The third kappa shape index (κ3) is 6.64. The van der Waals surface area contributed by atoms with Crippen LogP contribution >= 0.6 is 0 Å². The fourth-order valence-corrected chi connectivity index (χ4v) is 9.23. The maximum atomic E-state index is 10.5. The first kappa shape index (κ1) is 27.7. The van der Waals surface area contributed by atoms with Crippen molar-refractivity contribution in [2.24, 2.45) is 0 Å². The van der Waals surface area contributed by atoms with Crippen LogP contribution in [0.2, 0.25) is 5.04 Å². The zero-order chi connectivity index (χ0) is 26.2. The highest BCUT2D eigenvalue weighted by Gasteiger charge is 2.50. The number of hydrogen-bond donors (Lipinski definition) is 3. The zero-order valence-corrected chi connectivity index (χ0v) is 22.7. The van der Waals surface area contributed by atoms with Gasteiger partial charge in [0.2, 0.25) is 0 Å². The van der Waals surface area contributed by atoms with Crippen LogP contribution in [-0.2, 0) is 4.43 Å². The molecule has 0 aliphatic heterocycles. The van der Waals surface area contributed by atoms with Gasteiger partial charge in [-0.05, 0) is 40.1 Å². The maximum absolute atomic E-state index is 10.5. The first-order valence-electron chi connectivity index (χ1n) is 12.5. The number of aliphatic hydroxyl groups excluding tert-OH is 2. The minimum atomic E-state index is -2.72. The van der Waals surface area contributed by atoms with Gasteiger partial charge in [0, 0.05) is 18.4 Å². The molecule has 0 amide bonds. The van der Waals surface area contributed by atoms with Crippen molar-refractivity contribution in [3.05, 3.63) is 108 Å². The number of aliphatic hydroxyl groups is 2. The van der Waals surface area contributed by atoms with Crippen molar-refractivity contribution in [2.45, 2.75) is 57.8 Å². The van der Waals surface area contributed by atoms with Gasteiger partial charge in [-0.25, -0.2) is 0 Å². The van der Waals surface area contributed by atoms with Gasteiger partial charge in [0.05, 0.1) is 18.8 Å². The predicted molar refractivity (Wildman–Crippen MR) is 149 cm³/mol. The predicted octanol–water partition coefficient (Wildman–Crippen LogP) is 5.24. The Bertz CT molecular complexity index is 1120. The quantitative estimate of drug-likeness (QED) is 0.262. The van der Waals surface area contributed by atoms with Gasteiger partial charge < -0.3 is 19.7 Å². The molecule has 190 valence electrons. The van der Waals surface area contributed by atoms with Crippen LogP contribution < -0.4 is 10.4 Å². The van der Waals surface area contributed by atoms with E-state index in [0.717, 1.165) is 5.57 Å². The van der Waals surface area contributed by atoms with Gasteiger partial charge in [-0.15, -0.1) is 5.73 Å². The SMILES string of the molecule is C[C@H](O)CC(=C=CC[C@@H](O)c1ccccc1O)CO[Si](c1ccccc1)(c1ccccc1)C(C)(C)C. The zero-order valence-electron chi connectivity index (χ0n) is 21.7. The summed E-state index contributed by atoms with van der Waals surface area (Å²) in [7, 11) is -2.72. The van der Waals surface area contributed by atoms with Crippen molar-refractivity contribution >= 4 is 18.7 Å². The second-order valence-corrected chi connectivity index (χ2v) is 14.6. The van der Waals surface area contributed by atoms with Gasteiger partial charge >= 0.3 is 0 Å². The number of benzene rings is 3. The van der Waals surface area contributed by atoms with E-state index in [9.17, 15) is 15.3 Å². The largest absolute Gasteiger partial charge is 0.508 e. The van der Waals surface area contributed by atoms with Gasteiger partial charge in [0.1, 0.15) is 5.75 Å². The second-order valence-electron chi connectivity index (χ2n) is 10.3. The summed E-state index contributed by atoms with van der Waals surface area (Å²) >= 11 is 0. The highest BCUT2D eigenvalue weighted by atomic mass is 28.4. The molecular formula is C31H38O4Si. The molecule has 0 fully saturated rings. The van der Waals surface area contributed by atoms with E-state index in [-0.39, 0.29) is 10.8 Å². The number of phenolic OH excluding ortho intramolecular Hbond substituents is 1. The highest BCUT2D eigenvalue weighted by molar-refractivity contribution is 6.99. The molecule has 0 saturated heterocycles. The van der Waals surface area contributed by atoms with Crippen LogP contribution in [0.15, 0.2) is 102 Å². The Morgan fingerprint density at radius 1 is 0.889 bits per heavy atom. The Balaban J connectivity index is 1.96. The molecule has 0 spiro atoms. The lowest BCUT2D eigenvalue weighted by Crippen LogP contribution is -2.66. The van der Waals surface area contributed by atoms with E-state index in [1.54, 1.807) is 37.3 Å². The molecule has 0 radical (unpaired) electrons. The molecule has 0 aliphatic rings. The maximum Gasteiger partial charge on any atom is 0.261 e. The molecule has 3 N–H and O–H groups in total. The van der Waals surface area contributed by atoms with E-state index in [0.29, 0.717) is 25.0 Å². The third-order valence-corrected chi connectivity index (χ3v) is 11.3. The van der Waals surface area contributed by atoms with Gasteiger partial charge in [0.15, 0.2) is 0 Å². The molecule has 3 rings (SSSR count). The van der Waals surface area contributed by atoms with Gasteiger partial charge in [-0.1, -0.05) is 99.6 Å². The van der Waals surface area contributed by atoms with Crippen LogP contribution in [0.5, 0.6) is 5.75 Å². The number of aromatic hydroxyl groups is 1. The molecule has 36 heavy (non-hydrogen) atoms. The van der Waals surface area contributed by atoms with Crippen LogP contribution in [0.3, 0.4) is 0 Å². The smallest absolute Gasteiger partial charge is 0.261 e. The minimum Gasteiger partial charge on any atom is -0.508 e. The number of phenols is 1. The summed E-state index contributed by atoms with van der Waals surface area (Å²) < 4.78 is 7.00. The lowest BCUT2D eigenvalue weighted by atomic mass is 10.0. The fraction of sp³-hybridized carbons (Fsp3) is 0.323. The molecule has 0 unspecified atom stereocenters. The van der Waals surface area contributed by atoms with E-state index in [1.165, 1.54) is 10.4 Å². The summed E-state index contributed by atoms with van der Waals surface area (Å²) in [5, 5.41) is 33.0. The Labute approximate surface area is 216 Å². The molecule has 5 heteroatoms. The molecule has 3 aromatic rings. The molecular weight excluding hydrogens is 464 g/mol. The Morgan fingerprint density at radius 2 is 1.42 bits per heavy atom. The van der Waals surface area contributed by atoms with E-state index < -0.39 is 20.5 Å². The molecule has 3 aromatic carbocycles. The average Bonchev–Trinajstić information content (AvgIpc) is 2.84. The van der Waals surface area contributed by atoms with Gasteiger partial charge in [0.25, 0.3) is 8.32 Å². The van der Waals surface area contributed by atoms with Crippen molar-refractivity contribution in [3.8, 4) is 5.75 Å². The lowest BCUT2D eigenvalue weighted by Gasteiger charge is -2.43. The second kappa shape index (κ2) is 12.4. The molecule has 2 atom stereocenters. The lowest BCUT2D eigenvalue weighted by molar-refractivity contribution is 0.177.